The molecule has 0 fully saturated rings. The van der Waals surface area contributed by atoms with Crippen molar-refractivity contribution in [1.82, 2.24) is 24.5 Å². The number of thiophene rings is 1. The molecule has 4 heterocycles. The van der Waals surface area contributed by atoms with Crippen molar-refractivity contribution in [1.29, 1.82) is 0 Å². The lowest BCUT2D eigenvalue weighted by atomic mass is 10.1. The third-order valence-electron chi connectivity index (χ3n) is 4.99. The van der Waals surface area contributed by atoms with Crippen LogP contribution in [0.4, 0.5) is 5.82 Å². The maximum absolute atomic E-state index is 13.5. The number of nitrogens with one attached hydrogen (secondary N) is 2. The second-order valence-corrected chi connectivity index (χ2v) is 7.80. The van der Waals surface area contributed by atoms with Crippen molar-refractivity contribution in [2.24, 2.45) is 0 Å². The number of hydrogen-bond acceptors (Lipinski definition) is 6. The number of imidazole rings is 1. The summed E-state index contributed by atoms with van der Waals surface area (Å²) in [4.78, 5) is 29.3. The molecule has 0 radical (unpaired) electrons. The highest BCUT2D eigenvalue weighted by atomic mass is 32.1. The predicted molar refractivity (Wildman–Crippen MR) is 116 cm³/mol. The number of aromatic amines is 1. The number of aromatic nitrogens is 5. The highest BCUT2D eigenvalue weighted by molar-refractivity contribution is 7.17. The van der Waals surface area contributed by atoms with E-state index in [0.717, 1.165) is 27.0 Å². The van der Waals surface area contributed by atoms with E-state index in [1.165, 1.54) is 6.33 Å². The van der Waals surface area contributed by atoms with Crippen molar-refractivity contribution >= 4 is 38.4 Å². The molecule has 7 nitrogen and oxygen atoms in total. The van der Waals surface area contributed by atoms with Gasteiger partial charge in [-0.05, 0) is 43.0 Å². The molecule has 0 spiro atoms. The average Bonchev–Trinajstić information content (AvgIpc) is 3.36. The average molecular weight is 402 g/mol. The minimum Gasteiger partial charge on any atom is -0.360 e. The van der Waals surface area contributed by atoms with Gasteiger partial charge in [-0.1, -0.05) is 18.2 Å². The monoisotopic (exact) mass is 402 g/mol. The normalized spacial score (nSPS) is 12.5. The molecule has 2 N–H and O–H groups in total. The Labute approximate surface area is 170 Å². The maximum Gasteiger partial charge on any atom is 0.264 e. The topological polar surface area (TPSA) is 88.5 Å². The van der Waals surface area contributed by atoms with Gasteiger partial charge in [-0.3, -0.25) is 9.36 Å². The highest BCUT2D eigenvalue weighted by Gasteiger charge is 2.19. The van der Waals surface area contributed by atoms with Gasteiger partial charge in [-0.25, -0.2) is 15.0 Å². The predicted octanol–water partition coefficient (Wildman–Crippen LogP) is 4.20. The number of para-hydroxylation sites is 1. The van der Waals surface area contributed by atoms with E-state index in [1.54, 1.807) is 22.2 Å². The SMILES string of the molecule is Cc1csc2cc([C@H](C)Nc3ncnc4[nH]cnc34)n(-c3ccccc3)c(=O)c12. The van der Waals surface area contributed by atoms with Crippen LogP contribution in [0, 0.1) is 6.92 Å². The summed E-state index contributed by atoms with van der Waals surface area (Å²) in [5, 5.41) is 6.21. The molecule has 0 aliphatic rings. The zero-order valence-electron chi connectivity index (χ0n) is 15.9. The van der Waals surface area contributed by atoms with Gasteiger partial charge >= 0.3 is 0 Å². The fourth-order valence-corrected chi connectivity index (χ4v) is 4.56. The summed E-state index contributed by atoms with van der Waals surface area (Å²) >= 11 is 1.59. The van der Waals surface area contributed by atoms with Gasteiger partial charge in [0.15, 0.2) is 11.5 Å². The summed E-state index contributed by atoms with van der Waals surface area (Å²) in [6.07, 6.45) is 3.08. The summed E-state index contributed by atoms with van der Waals surface area (Å²) in [7, 11) is 0. The van der Waals surface area contributed by atoms with Crippen LogP contribution in [-0.2, 0) is 0 Å². The standard InChI is InChI=1S/C21H18N6OS/c1-12-9-29-16-8-15(27(21(28)17(12)16)14-6-4-3-5-7-14)13(2)26-20-18-19(23-10-22-18)24-11-25-20/h3-11,13H,1-2H3,(H2,22,23,24,25,26)/t13-/m0/s1. The van der Waals surface area contributed by atoms with E-state index in [4.69, 9.17) is 0 Å². The first-order valence-electron chi connectivity index (χ1n) is 9.23. The van der Waals surface area contributed by atoms with Crippen LogP contribution in [0.2, 0.25) is 0 Å². The van der Waals surface area contributed by atoms with Gasteiger partial charge in [0.2, 0.25) is 0 Å². The first kappa shape index (κ1) is 17.6. The highest BCUT2D eigenvalue weighted by Crippen LogP contribution is 2.29. The van der Waals surface area contributed by atoms with Crippen molar-refractivity contribution in [3.8, 4) is 5.69 Å². The molecule has 29 heavy (non-hydrogen) atoms. The molecule has 0 aliphatic carbocycles. The van der Waals surface area contributed by atoms with E-state index in [-0.39, 0.29) is 11.6 Å². The molecule has 5 aromatic rings. The van der Waals surface area contributed by atoms with Gasteiger partial charge in [0.25, 0.3) is 5.56 Å². The zero-order chi connectivity index (χ0) is 20.0. The molecule has 0 bridgehead atoms. The minimum absolute atomic E-state index is 0.0105. The van der Waals surface area contributed by atoms with Crippen LogP contribution in [0.3, 0.4) is 0 Å². The second kappa shape index (κ2) is 6.82. The van der Waals surface area contributed by atoms with Crippen molar-refractivity contribution in [3.63, 3.8) is 0 Å². The van der Waals surface area contributed by atoms with E-state index < -0.39 is 0 Å². The maximum atomic E-state index is 13.5. The molecule has 5 rings (SSSR count). The van der Waals surface area contributed by atoms with Crippen LogP contribution in [0.5, 0.6) is 0 Å². The van der Waals surface area contributed by atoms with Crippen molar-refractivity contribution in [3.05, 3.63) is 76.0 Å². The fourth-order valence-electron chi connectivity index (χ4n) is 3.58. The van der Waals surface area contributed by atoms with Crippen molar-refractivity contribution in [2.45, 2.75) is 19.9 Å². The van der Waals surface area contributed by atoms with E-state index in [1.807, 2.05) is 49.6 Å². The Morgan fingerprint density at radius 2 is 2.00 bits per heavy atom. The molecule has 8 heteroatoms. The number of fused-ring (bicyclic) bond motifs is 2. The first-order chi connectivity index (χ1) is 14.1. The molecule has 0 aliphatic heterocycles. The van der Waals surface area contributed by atoms with Gasteiger partial charge in [-0.2, -0.15) is 0 Å². The van der Waals surface area contributed by atoms with Gasteiger partial charge < -0.3 is 10.3 Å². The fraction of sp³-hybridized carbons (Fsp3) is 0.143. The summed E-state index contributed by atoms with van der Waals surface area (Å²) in [6.45, 7) is 3.99. The second-order valence-electron chi connectivity index (χ2n) is 6.89. The molecule has 4 aromatic heterocycles. The number of H-pyrrole nitrogens is 1. The van der Waals surface area contributed by atoms with Crippen LogP contribution in [0.15, 0.2) is 59.2 Å². The summed E-state index contributed by atoms with van der Waals surface area (Å²) in [5.74, 6) is 0.623. The van der Waals surface area contributed by atoms with Gasteiger partial charge in [0.05, 0.1) is 17.8 Å². The number of benzene rings is 1. The van der Waals surface area contributed by atoms with Crippen LogP contribution in [0.1, 0.15) is 24.2 Å². The van der Waals surface area contributed by atoms with Gasteiger partial charge in [0.1, 0.15) is 11.8 Å². The Morgan fingerprint density at radius 1 is 1.17 bits per heavy atom. The summed E-state index contributed by atoms with van der Waals surface area (Å²) in [5.41, 5.74) is 4.02. The van der Waals surface area contributed by atoms with Crippen molar-refractivity contribution < 1.29 is 0 Å². The van der Waals surface area contributed by atoms with E-state index in [2.05, 4.69) is 31.3 Å². The molecule has 1 atom stereocenters. The molecule has 0 saturated heterocycles. The Kier molecular flexibility index (Phi) is 4.13. The Bertz CT molecular complexity index is 1390. The lowest BCUT2D eigenvalue weighted by molar-refractivity contribution is 0.774. The van der Waals surface area contributed by atoms with E-state index in [0.29, 0.717) is 17.0 Å². The first-order valence-corrected chi connectivity index (χ1v) is 10.1. The lowest BCUT2D eigenvalue weighted by Crippen LogP contribution is -2.25. The van der Waals surface area contributed by atoms with Crippen molar-refractivity contribution in [2.75, 3.05) is 5.32 Å². The molecular formula is C21H18N6OS. The molecule has 144 valence electrons. The zero-order valence-corrected chi connectivity index (χ0v) is 16.7. The number of pyridine rings is 1. The number of hydrogen-bond donors (Lipinski definition) is 2. The number of rotatable bonds is 4. The summed E-state index contributed by atoms with van der Waals surface area (Å²) < 4.78 is 2.76. The number of anilines is 1. The third-order valence-corrected chi connectivity index (χ3v) is 6.03. The largest absolute Gasteiger partial charge is 0.360 e. The molecule has 0 amide bonds. The molecule has 0 saturated carbocycles. The summed E-state index contributed by atoms with van der Waals surface area (Å²) in [6, 6.07) is 11.6. The Hall–Kier alpha value is -3.52. The Morgan fingerprint density at radius 3 is 2.83 bits per heavy atom. The third kappa shape index (κ3) is 2.89. The van der Waals surface area contributed by atoms with E-state index >= 15 is 0 Å². The van der Waals surface area contributed by atoms with Crippen LogP contribution in [0.25, 0.3) is 26.9 Å². The van der Waals surface area contributed by atoms with Gasteiger partial charge in [-0.15, -0.1) is 11.3 Å². The smallest absolute Gasteiger partial charge is 0.264 e. The molecule has 1 aromatic carbocycles. The van der Waals surface area contributed by atoms with Crippen LogP contribution in [-0.4, -0.2) is 24.5 Å². The molecular weight excluding hydrogens is 384 g/mol. The van der Waals surface area contributed by atoms with Crippen LogP contribution < -0.4 is 10.9 Å². The quantitative estimate of drug-likeness (QED) is 0.470. The molecule has 0 unspecified atom stereocenters. The van der Waals surface area contributed by atoms with Crippen LogP contribution >= 0.6 is 11.3 Å². The number of aryl methyl sites for hydroxylation is 1. The number of nitrogens with zero attached hydrogens (tertiary/aromatic N) is 4. The van der Waals surface area contributed by atoms with E-state index in [9.17, 15) is 4.79 Å². The Balaban J connectivity index is 1.69. The minimum atomic E-state index is -0.190. The lowest BCUT2D eigenvalue weighted by Gasteiger charge is -2.21. The van der Waals surface area contributed by atoms with Gasteiger partial charge in [0, 0.05) is 16.1 Å².